The average Bonchev–Trinajstić information content (AvgIpc) is 2.94. The molecule has 0 saturated heterocycles. The van der Waals surface area contributed by atoms with Gasteiger partial charge in [-0.1, -0.05) is 30.3 Å². The lowest BCUT2D eigenvalue weighted by molar-refractivity contribution is -0.141. The normalized spacial score (nSPS) is 14.1. The second-order valence-corrected chi connectivity index (χ2v) is 16.1. The maximum Gasteiger partial charge on any atom is 0.408 e. The van der Waals surface area contributed by atoms with E-state index in [1.807, 2.05) is 6.07 Å². The van der Waals surface area contributed by atoms with Crippen molar-refractivity contribution in [3.63, 3.8) is 0 Å². The van der Waals surface area contributed by atoms with E-state index in [0.717, 1.165) is 5.56 Å². The number of ether oxygens (including phenoxy) is 1. The number of carbonyl (C=O) groups excluding carboxylic acids is 7. The van der Waals surface area contributed by atoms with Gasteiger partial charge in [0.25, 0.3) is 0 Å². The fourth-order valence-corrected chi connectivity index (χ4v) is 3.98. The first-order valence-electron chi connectivity index (χ1n) is 16.3. The second-order valence-electron chi connectivity index (χ2n) is 16.1. The van der Waals surface area contributed by atoms with Crippen molar-refractivity contribution in [2.24, 2.45) is 0 Å². The quantitative estimate of drug-likeness (QED) is 0.141. The van der Waals surface area contributed by atoms with Crippen molar-refractivity contribution in [3.05, 3.63) is 35.9 Å². The minimum absolute atomic E-state index is 0.00180. The second kappa shape index (κ2) is 15.9. The highest BCUT2D eigenvalue weighted by atomic mass is 16.5. The van der Waals surface area contributed by atoms with Gasteiger partial charge in [-0.15, -0.1) is 0 Å². The van der Waals surface area contributed by atoms with Gasteiger partial charge >= 0.3 is 6.09 Å². The summed E-state index contributed by atoms with van der Waals surface area (Å²) in [6.45, 7) is 21.3. The predicted octanol–water partition coefficient (Wildman–Crippen LogP) is 1.69. The molecule has 280 valence electrons. The maximum absolute atomic E-state index is 13.4. The lowest BCUT2D eigenvalue weighted by atomic mass is 9.95. The summed E-state index contributed by atoms with van der Waals surface area (Å²) in [5.74, 6) is -3.87. The molecule has 15 heteroatoms. The molecule has 0 bridgehead atoms. The summed E-state index contributed by atoms with van der Waals surface area (Å²) in [5.41, 5.74) is -7.37. The van der Waals surface area contributed by atoms with Crippen LogP contribution >= 0.6 is 0 Å². The molecular weight excluding hydrogens is 647 g/mol. The molecular formula is C35H57N7O8. The lowest BCUT2D eigenvalue weighted by Crippen LogP contribution is -2.68. The van der Waals surface area contributed by atoms with Gasteiger partial charge in [0.15, 0.2) is 0 Å². The fourth-order valence-electron chi connectivity index (χ4n) is 3.98. The number of benzene rings is 1. The Morgan fingerprint density at radius 2 is 0.860 bits per heavy atom. The Hall–Kier alpha value is -4.69. The minimum atomic E-state index is -1.58. The topological polar surface area (TPSA) is 213 Å². The number of hydrogen-bond acceptors (Lipinski definition) is 8. The monoisotopic (exact) mass is 704 g/mol. The third-order valence-corrected chi connectivity index (χ3v) is 7.41. The van der Waals surface area contributed by atoms with Crippen LogP contribution in [-0.4, -0.2) is 80.8 Å². The number of hydrogen-bond donors (Lipinski definition) is 7. The van der Waals surface area contributed by atoms with Crippen LogP contribution in [0.25, 0.3) is 0 Å². The Kier molecular flexibility index (Phi) is 13.8. The Balaban J connectivity index is 2.84. The molecule has 0 aliphatic carbocycles. The van der Waals surface area contributed by atoms with Crippen molar-refractivity contribution in [2.45, 2.75) is 143 Å². The zero-order valence-corrected chi connectivity index (χ0v) is 31.9. The van der Waals surface area contributed by atoms with Gasteiger partial charge in [0.2, 0.25) is 35.4 Å². The molecule has 0 unspecified atom stereocenters. The molecule has 0 aromatic heterocycles. The summed E-state index contributed by atoms with van der Waals surface area (Å²) < 4.78 is 5.20. The van der Waals surface area contributed by atoms with Gasteiger partial charge in [0.1, 0.15) is 40.3 Å². The fraction of sp³-hybridized carbons (Fsp3) is 0.629. The predicted molar refractivity (Wildman–Crippen MR) is 188 cm³/mol. The molecule has 1 aromatic carbocycles. The van der Waals surface area contributed by atoms with Crippen molar-refractivity contribution in [1.82, 2.24) is 37.2 Å². The third-order valence-electron chi connectivity index (χ3n) is 7.41. The van der Waals surface area contributed by atoms with E-state index in [2.05, 4.69) is 37.2 Å². The molecule has 0 aliphatic rings. The van der Waals surface area contributed by atoms with Crippen LogP contribution in [0.5, 0.6) is 0 Å². The summed E-state index contributed by atoms with van der Waals surface area (Å²) >= 11 is 0. The summed E-state index contributed by atoms with van der Waals surface area (Å²) in [6.07, 6.45) is -0.831. The molecule has 50 heavy (non-hydrogen) atoms. The average molecular weight is 705 g/mol. The first-order chi connectivity index (χ1) is 22.4. The third kappa shape index (κ3) is 13.3. The van der Waals surface area contributed by atoms with Crippen molar-refractivity contribution >= 4 is 41.5 Å². The summed E-state index contributed by atoms with van der Waals surface area (Å²) in [7, 11) is 0. The number of nitrogens with one attached hydrogen (secondary N) is 7. The van der Waals surface area contributed by atoms with Crippen LogP contribution in [0.4, 0.5) is 4.79 Å². The Morgan fingerprint density at radius 3 is 1.22 bits per heavy atom. The van der Waals surface area contributed by atoms with Crippen LogP contribution in [0.15, 0.2) is 30.3 Å². The largest absolute Gasteiger partial charge is 0.445 e. The van der Waals surface area contributed by atoms with E-state index in [4.69, 9.17) is 4.74 Å². The van der Waals surface area contributed by atoms with Gasteiger partial charge in [0.05, 0.1) is 0 Å². The van der Waals surface area contributed by atoms with Gasteiger partial charge < -0.3 is 42.0 Å². The lowest BCUT2D eigenvalue weighted by Gasteiger charge is -2.37. The Labute approximate surface area is 295 Å². The number of carbonyl (C=O) groups is 7. The molecule has 0 aliphatic heterocycles. The van der Waals surface area contributed by atoms with Crippen molar-refractivity contribution in [3.8, 4) is 0 Å². The summed E-state index contributed by atoms with van der Waals surface area (Å²) in [4.78, 5) is 90.9. The van der Waals surface area contributed by atoms with Crippen LogP contribution in [-0.2, 0) is 40.1 Å². The van der Waals surface area contributed by atoms with E-state index < -0.39 is 80.8 Å². The highest BCUT2D eigenvalue weighted by molar-refractivity contribution is 6.01. The van der Waals surface area contributed by atoms with Gasteiger partial charge in [-0.05, 0) is 102 Å². The van der Waals surface area contributed by atoms with E-state index in [1.54, 1.807) is 45.0 Å². The number of alkyl carbamates (subject to hydrolysis) is 1. The standard InChI is InChI=1S/C35H57N7O8/c1-21(23(43)37-30(2,3)4)36-24(44)31(5,6)38-25(45)32(7,8)39-26(46)33(9,10)40-27(47)34(11,12)41-28(48)35(13,14)42-29(49)50-20-22-18-16-15-17-19-22/h15-19,21H,20H2,1-14H3,(H,36,44)(H,37,43)(H,38,45)(H,39,46)(H,40,47)(H,41,48)(H,42,49)/t21-/m0/s1/i13+1/t21-,35+. The molecule has 0 radical (unpaired) electrons. The van der Waals surface area contributed by atoms with E-state index in [0.29, 0.717) is 0 Å². The number of rotatable bonds is 14. The smallest absolute Gasteiger partial charge is 0.408 e. The molecule has 0 fully saturated rings. The SMILES string of the molecule is C[C@H](NC(=O)C(C)(C)NC(=O)C(C)(C)NC(=O)C(C)(C)NC(=O)C(C)(C)NC(=O)[C@](C)([13CH3])NC(=O)OCc1ccccc1)C(=O)NC(C)(C)C. The molecule has 2 atom stereocenters. The Morgan fingerprint density at radius 1 is 0.520 bits per heavy atom. The van der Waals surface area contributed by atoms with Crippen LogP contribution < -0.4 is 37.2 Å². The zero-order valence-electron chi connectivity index (χ0n) is 31.9. The van der Waals surface area contributed by atoms with Crippen molar-refractivity contribution in [1.29, 1.82) is 0 Å². The van der Waals surface area contributed by atoms with Crippen LogP contribution in [0.1, 0.15) is 102 Å². The van der Waals surface area contributed by atoms with E-state index in [9.17, 15) is 33.6 Å². The van der Waals surface area contributed by atoms with Gasteiger partial charge in [-0.3, -0.25) is 28.8 Å². The Bertz CT molecular complexity index is 1440. The van der Waals surface area contributed by atoms with E-state index in [-0.39, 0.29) is 6.61 Å². The molecule has 15 nitrogen and oxygen atoms in total. The number of amides is 7. The van der Waals surface area contributed by atoms with Crippen LogP contribution in [0.2, 0.25) is 0 Å². The van der Waals surface area contributed by atoms with E-state index >= 15 is 0 Å². The zero-order chi connectivity index (χ0) is 39.1. The molecule has 0 heterocycles. The molecule has 7 N–H and O–H groups in total. The summed E-state index contributed by atoms with van der Waals surface area (Å²) in [5, 5.41) is 18.2. The van der Waals surface area contributed by atoms with Gasteiger partial charge in [-0.25, -0.2) is 4.79 Å². The first-order valence-corrected chi connectivity index (χ1v) is 16.3. The summed E-state index contributed by atoms with van der Waals surface area (Å²) in [6, 6.07) is 8.11. The van der Waals surface area contributed by atoms with Crippen LogP contribution in [0, 0.1) is 0 Å². The highest BCUT2D eigenvalue weighted by Gasteiger charge is 2.43. The molecule has 1 rings (SSSR count). The first kappa shape index (κ1) is 43.3. The van der Waals surface area contributed by atoms with Gasteiger partial charge in [0, 0.05) is 5.54 Å². The van der Waals surface area contributed by atoms with E-state index in [1.165, 1.54) is 76.2 Å². The van der Waals surface area contributed by atoms with Crippen LogP contribution in [0.3, 0.4) is 0 Å². The molecule has 1 aromatic rings. The molecule has 0 spiro atoms. The highest BCUT2D eigenvalue weighted by Crippen LogP contribution is 2.15. The van der Waals surface area contributed by atoms with Gasteiger partial charge in [-0.2, -0.15) is 0 Å². The maximum atomic E-state index is 13.4. The minimum Gasteiger partial charge on any atom is -0.445 e. The van der Waals surface area contributed by atoms with Crippen molar-refractivity contribution in [2.75, 3.05) is 0 Å². The van der Waals surface area contributed by atoms with Crippen molar-refractivity contribution < 1.29 is 38.3 Å². The molecule has 0 saturated carbocycles. The molecule has 7 amide bonds.